The Morgan fingerprint density at radius 2 is 1.64 bits per heavy atom. The summed E-state index contributed by atoms with van der Waals surface area (Å²) in [6, 6.07) is 18.8. The molecule has 0 aliphatic carbocycles. The molecule has 6 rings (SSSR count). The minimum atomic E-state index is -2.22. The second-order valence-corrected chi connectivity index (χ2v) is 21.6. The van der Waals surface area contributed by atoms with E-state index in [1.54, 1.807) is 18.6 Å². The molecule has 0 unspecified atom stereocenters. The molecule has 10 nitrogen and oxygen atoms in total. The highest BCUT2D eigenvalue weighted by molar-refractivity contribution is 7.92. The van der Waals surface area contributed by atoms with Crippen molar-refractivity contribution in [3.8, 4) is 28.4 Å². The number of imidazole rings is 1. The van der Waals surface area contributed by atoms with E-state index in [0.717, 1.165) is 22.7 Å². The molecule has 2 aliphatic heterocycles. The van der Waals surface area contributed by atoms with Gasteiger partial charge >= 0.3 is 6.01 Å². The largest absolute Gasteiger partial charge is 0.456 e. The standard InChI is InChI=1S/C32H39ClN4O6SSi/c1-44(2,39)36-23-12-10-21(11-13-23)20-6-8-22(9-7-20)28-24(33)16-25-31(35-28)37(19-40-14-15-45(3,4)5)32(34-25)43-27-18-42-29-26(38)17-41-30(27)29/h6-13,16,26-27,29-30,38H,14-15,17-19H2,1-5H3/t26-,27-,29-,30-/m1/s1. The van der Waals surface area contributed by atoms with Gasteiger partial charge in [0.05, 0.1) is 29.6 Å². The van der Waals surface area contributed by atoms with Crippen LogP contribution in [0.2, 0.25) is 30.7 Å². The Labute approximate surface area is 269 Å². The number of aromatic nitrogens is 3. The third kappa shape index (κ3) is 7.43. The average molecular weight is 671 g/mol. The zero-order valence-electron chi connectivity index (χ0n) is 26.1. The molecule has 45 heavy (non-hydrogen) atoms. The summed E-state index contributed by atoms with van der Waals surface area (Å²) in [6.45, 7) is 8.26. The van der Waals surface area contributed by atoms with E-state index in [4.69, 9.17) is 40.5 Å². The molecule has 13 heteroatoms. The Kier molecular flexibility index (Phi) is 9.10. The first-order chi connectivity index (χ1) is 21.3. The van der Waals surface area contributed by atoms with Crippen LogP contribution in [0.4, 0.5) is 5.69 Å². The van der Waals surface area contributed by atoms with Gasteiger partial charge in [-0.2, -0.15) is 9.35 Å². The molecule has 2 fully saturated rings. The maximum atomic E-state index is 12.0. The summed E-state index contributed by atoms with van der Waals surface area (Å²) in [7, 11) is -3.51. The summed E-state index contributed by atoms with van der Waals surface area (Å²) in [4.78, 5) is 9.71. The lowest BCUT2D eigenvalue weighted by Gasteiger charge is -2.19. The zero-order valence-corrected chi connectivity index (χ0v) is 28.7. The molecule has 4 atom stereocenters. The first-order valence-electron chi connectivity index (χ1n) is 15.0. The van der Waals surface area contributed by atoms with Crippen molar-refractivity contribution >= 4 is 46.3 Å². The summed E-state index contributed by atoms with van der Waals surface area (Å²) >= 11 is 6.78. The topological polar surface area (TPSA) is 117 Å². The van der Waals surface area contributed by atoms with Gasteiger partial charge in [-0.1, -0.05) is 67.6 Å². The van der Waals surface area contributed by atoms with Gasteiger partial charge in [-0.3, -0.25) is 4.57 Å². The minimum absolute atomic E-state index is 0.210. The lowest BCUT2D eigenvalue weighted by Crippen LogP contribution is -2.35. The first kappa shape index (κ1) is 32.1. The van der Waals surface area contributed by atoms with Crippen molar-refractivity contribution in [3.05, 3.63) is 59.6 Å². The number of rotatable bonds is 10. The highest BCUT2D eigenvalue weighted by atomic mass is 35.5. The van der Waals surface area contributed by atoms with Crippen LogP contribution in [-0.4, -0.2) is 88.7 Å². The van der Waals surface area contributed by atoms with Crippen molar-refractivity contribution in [3.63, 3.8) is 0 Å². The Balaban J connectivity index is 1.29. The predicted octanol–water partition coefficient (Wildman–Crippen LogP) is 6.00. The van der Waals surface area contributed by atoms with E-state index in [9.17, 15) is 9.32 Å². The normalized spacial score (nSPS) is 21.8. The van der Waals surface area contributed by atoms with Crippen molar-refractivity contribution < 1.29 is 28.3 Å². The molecule has 4 aromatic rings. The number of aliphatic hydroxyl groups excluding tert-OH is 1. The molecule has 1 N–H and O–H groups in total. The minimum Gasteiger partial charge on any atom is -0.456 e. The van der Waals surface area contributed by atoms with Gasteiger partial charge in [-0.25, -0.2) is 9.19 Å². The van der Waals surface area contributed by atoms with Crippen LogP contribution >= 0.6 is 11.6 Å². The predicted molar refractivity (Wildman–Crippen MR) is 179 cm³/mol. The average Bonchev–Trinajstić information content (AvgIpc) is 3.65. The molecule has 0 bridgehead atoms. The fourth-order valence-electron chi connectivity index (χ4n) is 5.42. The third-order valence-corrected chi connectivity index (χ3v) is 10.4. The van der Waals surface area contributed by atoms with Crippen molar-refractivity contribution in [2.45, 2.75) is 56.8 Å². The van der Waals surface area contributed by atoms with Gasteiger partial charge in [0, 0.05) is 42.5 Å². The summed E-state index contributed by atoms with van der Waals surface area (Å²) in [5, 5.41) is 10.6. The van der Waals surface area contributed by atoms with Gasteiger partial charge in [-0.05, 0) is 35.4 Å². The summed E-state index contributed by atoms with van der Waals surface area (Å²) in [6.07, 6.45) is 1.35. The lowest BCUT2D eigenvalue weighted by molar-refractivity contribution is 0.00336. The van der Waals surface area contributed by atoms with Gasteiger partial charge in [-0.15, -0.1) is 0 Å². The lowest BCUT2D eigenvalue weighted by atomic mass is 10.0. The molecule has 2 aromatic carbocycles. The van der Waals surface area contributed by atoms with Crippen LogP contribution in [0.15, 0.2) is 59.0 Å². The van der Waals surface area contributed by atoms with Crippen LogP contribution in [0.25, 0.3) is 33.5 Å². The number of fused-ring (bicyclic) bond motifs is 2. The third-order valence-electron chi connectivity index (χ3n) is 7.78. The molecule has 2 aromatic heterocycles. The molecular formula is C32H39ClN4O6SSi. The van der Waals surface area contributed by atoms with Crippen molar-refractivity contribution in [1.29, 1.82) is 0 Å². The number of hydrogen-bond donors (Lipinski definition) is 1. The van der Waals surface area contributed by atoms with E-state index in [2.05, 4.69) is 24.0 Å². The first-order valence-corrected chi connectivity index (χ1v) is 21.4. The van der Waals surface area contributed by atoms with E-state index in [1.807, 2.05) is 53.1 Å². The number of aliphatic hydroxyl groups is 1. The highest BCUT2D eigenvalue weighted by Gasteiger charge is 2.49. The Morgan fingerprint density at radius 1 is 1.00 bits per heavy atom. The summed E-state index contributed by atoms with van der Waals surface area (Å²) < 4.78 is 42.1. The Hall–Kier alpha value is -2.84. The van der Waals surface area contributed by atoms with Crippen LogP contribution in [-0.2, 0) is 30.7 Å². The number of benzene rings is 2. The van der Waals surface area contributed by atoms with Gasteiger partial charge in [0.2, 0.25) is 0 Å². The summed E-state index contributed by atoms with van der Waals surface area (Å²) in [5.74, 6) is 0. The van der Waals surface area contributed by atoms with E-state index in [-0.39, 0.29) is 26.0 Å². The number of nitrogens with zero attached hydrogens (tertiary/aromatic N) is 4. The smallest absolute Gasteiger partial charge is 0.301 e. The highest BCUT2D eigenvalue weighted by Crippen LogP contribution is 2.35. The number of hydrogen-bond acceptors (Lipinski definition) is 9. The van der Waals surface area contributed by atoms with E-state index in [1.165, 1.54) is 0 Å². The monoisotopic (exact) mass is 670 g/mol. The van der Waals surface area contributed by atoms with Crippen LogP contribution in [0.5, 0.6) is 6.01 Å². The Morgan fingerprint density at radius 3 is 2.31 bits per heavy atom. The molecule has 0 radical (unpaired) electrons. The van der Waals surface area contributed by atoms with E-state index in [0.29, 0.717) is 40.2 Å². The molecule has 0 spiro atoms. The number of pyridine rings is 1. The van der Waals surface area contributed by atoms with Gasteiger partial charge in [0.15, 0.2) is 11.8 Å². The van der Waals surface area contributed by atoms with Gasteiger partial charge in [0.1, 0.15) is 30.6 Å². The maximum Gasteiger partial charge on any atom is 0.301 e. The molecular weight excluding hydrogens is 632 g/mol. The molecule has 4 heterocycles. The maximum absolute atomic E-state index is 12.0. The molecule has 240 valence electrons. The van der Waals surface area contributed by atoms with Crippen LogP contribution < -0.4 is 4.74 Å². The van der Waals surface area contributed by atoms with Crippen LogP contribution in [0, 0.1) is 0 Å². The molecule has 0 saturated carbocycles. The number of halogens is 1. The quantitative estimate of drug-likeness (QED) is 0.161. The second-order valence-electron chi connectivity index (χ2n) is 13.0. The van der Waals surface area contributed by atoms with E-state index >= 15 is 0 Å². The number of ether oxygens (including phenoxy) is 4. The molecule has 2 aliphatic rings. The van der Waals surface area contributed by atoms with Crippen molar-refractivity contribution in [2.75, 3.05) is 32.3 Å². The van der Waals surface area contributed by atoms with Crippen LogP contribution in [0.3, 0.4) is 0 Å². The van der Waals surface area contributed by atoms with Crippen molar-refractivity contribution in [1.82, 2.24) is 14.5 Å². The fraction of sp³-hybridized carbons (Fsp3) is 0.438. The fourth-order valence-corrected chi connectivity index (χ4v) is 7.06. The SMILES string of the molecule is C[Si](C)(C)CCOCn1c(O[C@@H]2CO[C@H]3[C@@H]2OC[C@H]3O)nc2cc(Cl)c(-c3ccc(-c4ccc(N=S(C)(C)=O)cc4)cc3)nc21. The second kappa shape index (κ2) is 12.7. The molecule has 2 saturated heterocycles. The van der Waals surface area contributed by atoms with E-state index < -0.39 is 36.1 Å². The Bertz CT molecular complexity index is 1790. The molecule has 0 amide bonds. The van der Waals surface area contributed by atoms with Crippen molar-refractivity contribution in [2.24, 2.45) is 4.36 Å². The summed E-state index contributed by atoms with van der Waals surface area (Å²) in [5.41, 5.74) is 5.36. The zero-order chi connectivity index (χ0) is 31.9. The van der Waals surface area contributed by atoms with Crippen LogP contribution in [0.1, 0.15) is 0 Å². The van der Waals surface area contributed by atoms with Gasteiger partial charge in [0.25, 0.3) is 0 Å². The van der Waals surface area contributed by atoms with Gasteiger partial charge < -0.3 is 24.1 Å².